The van der Waals surface area contributed by atoms with Gasteiger partial charge in [0.25, 0.3) is 0 Å². The molecule has 0 unspecified atom stereocenters. The molecule has 0 spiro atoms. The Balaban J connectivity index is 2.85. The molecule has 1 aromatic rings. The number of nitrogens with zero attached hydrogens (tertiary/aromatic N) is 1. The van der Waals surface area contributed by atoms with Crippen molar-refractivity contribution >= 4 is 11.6 Å². The van der Waals surface area contributed by atoms with E-state index in [1.165, 1.54) is 18.2 Å². The fraction of sp³-hybridized carbons (Fsp3) is 0.300. The van der Waals surface area contributed by atoms with E-state index in [-0.39, 0.29) is 17.2 Å². The minimum absolute atomic E-state index is 0.0439. The lowest BCUT2D eigenvalue weighted by atomic mass is 10.1. The maximum absolute atomic E-state index is 11.9. The van der Waals surface area contributed by atoms with Crippen molar-refractivity contribution in [3.8, 4) is 11.8 Å². The lowest BCUT2D eigenvalue weighted by Crippen LogP contribution is -2.19. The molecule has 0 fully saturated rings. The molecule has 0 aromatic heterocycles. The van der Waals surface area contributed by atoms with Crippen LogP contribution in [0.2, 0.25) is 0 Å². The van der Waals surface area contributed by atoms with E-state index in [0.29, 0.717) is 5.56 Å². The van der Waals surface area contributed by atoms with E-state index in [4.69, 9.17) is 16.9 Å². The fourth-order valence-corrected chi connectivity index (χ4v) is 1.20. The van der Waals surface area contributed by atoms with E-state index in [2.05, 4.69) is 4.74 Å². The van der Waals surface area contributed by atoms with Crippen LogP contribution in [0, 0.1) is 11.3 Å². The first-order valence-corrected chi connectivity index (χ1v) is 4.78. The third-order valence-corrected chi connectivity index (χ3v) is 2.02. The summed E-state index contributed by atoms with van der Waals surface area (Å²) in [5.74, 6) is 0.0995. The largest absolute Gasteiger partial charge is 0.483 e. The van der Waals surface area contributed by atoms with Gasteiger partial charge in [-0.3, -0.25) is 0 Å². The third-order valence-electron chi connectivity index (χ3n) is 1.71. The summed E-state index contributed by atoms with van der Waals surface area (Å²) in [4.78, 5) is 0. The van der Waals surface area contributed by atoms with Crippen LogP contribution >= 0.6 is 11.6 Å². The smallest absolute Gasteiger partial charge is 0.422 e. The van der Waals surface area contributed by atoms with Crippen LogP contribution in [0.1, 0.15) is 11.1 Å². The van der Waals surface area contributed by atoms with Crippen LogP contribution in [-0.2, 0) is 5.88 Å². The van der Waals surface area contributed by atoms with Crippen molar-refractivity contribution in [2.24, 2.45) is 0 Å². The summed E-state index contributed by atoms with van der Waals surface area (Å²) in [6.45, 7) is -1.41. The first-order valence-electron chi connectivity index (χ1n) is 4.25. The monoisotopic (exact) mass is 249 g/mol. The summed E-state index contributed by atoms with van der Waals surface area (Å²) < 4.78 is 40.2. The van der Waals surface area contributed by atoms with Crippen LogP contribution in [0.15, 0.2) is 18.2 Å². The number of rotatable bonds is 3. The number of halogens is 4. The number of hydrogen-bond donors (Lipinski definition) is 0. The Morgan fingerprint density at radius 1 is 1.38 bits per heavy atom. The molecule has 0 heterocycles. The Kier molecular flexibility index (Phi) is 4.02. The molecule has 0 radical (unpaired) electrons. The second kappa shape index (κ2) is 5.08. The molecule has 0 atom stereocenters. The molecular formula is C10H7ClF3NO. The summed E-state index contributed by atoms with van der Waals surface area (Å²) >= 11 is 5.53. The van der Waals surface area contributed by atoms with Gasteiger partial charge >= 0.3 is 6.18 Å². The fourth-order valence-electron chi connectivity index (χ4n) is 1.03. The van der Waals surface area contributed by atoms with Gasteiger partial charge in [-0.05, 0) is 17.7 Å². The second-order valence-electron chi connectivity index (χ2n) is 2.98. The van der Waals surface area contributed by atoms with Crippen molar-refractivity contribution < 1.29 is 17.9 Å². The van der Waals surface area contributed by atoms with Crippen molar-refractivity contribution in [2.75, 3.05) is 6.61 Å². The minimum Gasteiger partial charge on any atom is -0.483 e. The Morgan fingerprint density at radius 3 is 2.56 bits per heavy atom. The number of alkyl halides is 4. The lowest BCUT2D eigenvalue weighted by Gasteiger charge is -2.10. The van der Waals surface area contributed by atoms with Crippen molar-refractivity contribution in [1.82, 2.24) is 0 Å². The van der Waals surface area contributed by atoms with E-state index in [1.807, 2.05) is 0 Å². The van der Waals surface area contributed by atoms with Crippen LogP contribution < -0.4 is 4.74 Å². The van der Waals surface area contributed by atoms with Crippen LogP contribution in [0.3, 0.4) is 0 Å². The summed E-state index contributed by atoms with van der Waals surface area (Å²) in [7, 11) is 0. The zero-order valence-corrected chi connectivity index (χ0v) is 8.77. The van der Waals surface area contributed by atoms with E-state index >= 15 is 0 Å². The third kappa shape index (κ3) is 3.63. The molecule has 0 aliphatic carbocycles. The molecule has 0 N–H and O–H groups in total. The van der Waals surface area contributed by atoms with Gasteiger partial charge in [0.15, 0.2) is 6.61 Å². The maximum Gasteiger partial charge on any atom is 0.422 e. The summed E-state index contributed by atoms with van der Waals surface area (Å²) in [5.41, 5.74) is 0.694. The highest BCUT2D eigenvalue weighted by molar-refractivity contribution is 6.17. The van der Waals surface area contributed by atoms with Gasteiger partial charge in [0, 0.05) is 5.88 Å². The Hall–Kier alpha value is -1.41. The molecular weight excluding hydrogens is 243 g/mol. The highest BCUT2D eigenvalue weighted by atomic mass is 35.5. The number of hydrogen-bond acceptors (Lipinski definition) is 2. The zero-order chi connectivity index (χ0) is 12.2. The first kappa shape index (κ1) is 12.7. The van der Waals surface area contributed by atoms with Gasteiger partial charge in [-0.25, -0.2) is 0 Å². The van der Waals surface area contributed by atoms with Gasteiger partial charge in [0.05, 0.1) is 5.56 Å². The van der Waals surface area contributed by atoms with Crippen LogP contribution in [0.5, 0.6) is 5.75 Å². The topological polar surface area (TPSA) is 33.0 Å². The van der Waals surface area contributed by atoms with E-state index in [1.54, 1.807) is 6.07 Å². The summed E-state index contributed by atoms with van der Waals surface area (Å²) in [6, 6.07) is 5.98. The summed E-state index contributed by atoms with van der Waals surface area (Å²) in [6.07, 6.45) is -4.42. The molecule has 86 valence electrons. The molecule has 0 saturated heterocycles. The highest BCUT2D eigenvalue weighted by Gasteiger charge is 2.28. The molecule has 0 aliphatic heterocycles. The van der Waals surface area contributed by atoms with Gasteiger partial charge < -0.3 is 4.74 Å². The minimum atomic E-state index is -4.42. The molecule has 0 bridgehead atoms. The van der Waals surface area contributed by atoms with Crippen molar-refractivity contribution in [3.05, 3.63) is 29.3 Å². The molecule has 2 nitrogen and oxygen atoms in total. The van der Waals surface area contributed by atoms with Crippen LogP contribution in [-0.4, -0.2) is 12.8 Å². The maximum atomic E-state index is 11.9. The van der Waals surface area contributed by atoms with Crippen molar-refractivity contribution in [3.63, 3.8) is 0 Å². The molecule has 0 saturated carbocycles. The van der Waals surface area contributed by atoms with E-state index in [0.717, 1.165) is 0 Å². The Bertz CT molecular complexity index is 412. The predicted octanol–water partition coefficient (Wildman–Crippen LogP) is 3.24. The molecule has 0 aliphatic rings. The van der Waals surface area contributed by atoms with Gasteiger partial charge in [-0.1, -0.05) is 6.07 Å². The predicted molar refractivity (Wildman–Crippen MR) is 52.3 cm³/mol. The summed E-state index contributed by atoms with van der Waals surface area (Å²) in [5, 5.41) is 8.71. The number of ether oxygens (including phenoxy) is 1. The molecule has 1 aromatic carbocycles. The standard InChI is InChI=1S/C10H7ClF3NO/c11-4-7-1-2-9(8(3-7)5-15)16-6-10(12,13)14/h1-3H,4,6H2. The van der Waals surface area contributed by atoms with Gasteiger partial charge in [0.1, 0.15) is 11.8 Å². The first-order chi connectivity index (χ1) is 7.46. The van der Waals surface area contributed by atoms with Gasteiger partial charge in [-0.15, -0.1) is 11.6 Å². The van der Waals surface area contributed by atoms with Crippen molar-refractivity contribution in [1.29, 1.82) is 5.26 Å². The van der Waals surface area contributed by atoms with E-state index in [9.17, 15) is 13.2 Å². The van der Waals surface area contributed by atoms with E-state index < -0.39 is 12.8 Å². The zero-order valence-electron chi connectivity index (χ0n) is 8.01. The van der Waals surface area contributed by atoms with Gasteiger partial charge in [-0.2, -0.15) is 18.4 Å². The Morgan fingerprint density at radius 2 is 2.06 bits per heavy atom. The molecule has 16 heavy (non-hydrogen) atoms. The average Bonchev–Trinajstić information content (AvgIpc) is 2.25. The van der Waals surface area contributed by atoms with Crippen LogP contribution in [0.25, 0.3) is 0 Å². The second-order valence-corrected chi connectivity index (χ2v) is 3.25. The van der Waals surface area contributed by atoms with Crippen LogP contribution in [0.4, 0.5) is 13.2 Å². The molecule has 1 rings (SSSR count). The van der Waals surface area contributed by atoms with Gasteiger partial charge in [0.2, 0.25) is 0 Å². The Labute approximate surface area is 95.2 Å². The van der Waals surface area contributed by atoms with Crippen molar-refractivity contribution in [2.45, 2.75) is 12.1 Å². The highest BCUT2D eigenvalue weighted by Crippen LogP contribution is 2.23. The number of nitriles is 1. The average molecular weight is 250 g/mol. The normalized spacial score (nSPS) is 10.9. The number of benzene rings is 1. The molecule has 6 heteroatoms. The lowest BCUT2D eigenvalue weighted by molar-refractivity contribution is -0.153. The molecule has 0 amide bonds. The quantitative estimate of drug-likeness (QED) is 0.771. The SMILES string of the molecule is N#Cc1cc(CCl)ccc1OCC(F)(F)F.